The van der Waals surface area contributed by atoms with Crippen LogP contribution >= 0.6 is 15.9 Å². The Hall–Kier alpha value is -1.62. The maximum absolute atomic E-state index is 4.34. The third kappa shape index (κ3) is 3.42. The number of nitrogens with one attached hydrogen (secondary N) is 2. The molecule has 2 aromatic rings. The van der Waals surface area contributed by atoms with Gasteiger partial charge in [-0.15, -0.1) is 0 Å². The van der Waals surface area contributed by atoms with Crippen molar-refractivity contribution in [2.45, 2.75) is 6.92 Å². The van der Waals surface area contributed by atoms with Crippen LogP contribution in [0.3, 0.4) is 0 Å². The standard InChI is InChI=1S/C12H13BrN4/c1-2-14-12-15-8-7-11(17-12)16-10-5-3-9(13)4-6-10/h3-8H,2H2,1H3,(H2,14,15,16,17). The number of hydrogen-bond acceptors (Lipinski definition) is 4. The van der Waals surface area contributed by atoms with Crippen LogP contribution in [-0.2, 0) is 0 Å². The molecule has 4 nitrogen and oxygen atoms in total. The molecule has 0 aliphatic heterocycles. The molecule has 17 heavy (non-hydrogen) atoms. The number of halogens is 1. The molecule has 0 aliphatic carbocycles. The highest BCUT2D eigenvalue weighted by molar-refractivity contribution is 9.10. The van der Waals surface area contributed by atoms with Gasteiger partial charge in [-0.05, 0) is 37.3 Å². The zero-order chi connectivity index (χ0) is 12.1. The van der Waals surface area contributed by atoms with Crippen molar-refractivity contribution in [2.24, 2.45) is 0 Å². The molecule has 88 valence electrons. The minimum Gasteiger partial charge on any atom is -0.354 e. The van der Waals surface area contributed by atoms with E-state index in [0.29, 0.717) is 5.95 Å². The summed E-state index contributed by atoms with van der Waals surface area (Å²) < 4.78 is 1.05. The largest absolute Gasteiger partial charge is 0.354 e. The Balaban J connectivity index is 2.12. The summed E-state index contributed by atoms with van der Waals surface area (Å²) in [6.45, 7) is 2.82. The van der Waals surface area contributed by atoms with E-state index in [1.807, 2.05) is 37.3 Å². The summed E-state index contributed by atoms with van der Waals surface area (Å²) >= 11 is 3.40. The predicted molar refractivity (Wildman–Crippen MR) is 73.6 cm³/mol. The molecule has 1 aromatic carbocycles. The average Bonchev–Trinajstić information content (AvgIpc) is 2.33. The zero-order valence-corrected chi connectivity index (χ0v) is 11.0. The normalized spacial score (nSPS) is 10.0. The Morgan fingerprint density at radius 2 is 1.94 bits per heavy atom. The third-order valence-corrected chi connectivity index (χ3v) is 2.64. The van der Waals surface area contributed by atoms with Gasteiger partial charge in [-0.25, -0.2) is 4.98 Å². The number of nitrogens with zero attached hydrogens (tertiary/aromatic N) is 2. The van der Waals surface area contributed by atoms with Gasteiger partial charge in [0.15, 0.2) is 0 Å². The van der Waals surface area contributed by atoms with Crippen molar-refractivity contribution < 1.29 is 0 Å². The highest BCUT2D eigenvalue weighted by Crippen LogP contribution is 2.18. The number of rotatable bonds is 4. The molecular weight excluding hydrogens is 280 g/mol. The Labute approximate surface area is 109 Å². The Morgan fingerprint density at radius 3 is 2.65 bits per heavy atom. The van der Waals surface area contributed by atoms with Gasteiger partial charge in [-0.1, -0.05) is 15.9 Å². The molecule has 0 spiro atoms. The molecule has 5 heteroatoms. The van der Waals surface area contributed by atoms with Gasteiger partial charge in [-0.3, -0.25) is 0 Å². The van der Waals surface area contributed by atoms with E-state index < -0.39 is 0 Å². The fraction of sp³-hybridized carbons (Fsp3) is 0.167. The summed E-state index contributed by atoms with van der Waals surface area (Å²) in [6, 6.07) is 9.77. The molecule has 0 bridgehead atoms. The van der Waals surface area contributed by atoms with Gasteiger partial charge in [0.1, 0.15) is 5.82 Å². The van der Waals surface area contributed by atoms with Crippen LogP contribution in [0.2, 0.25) is 0 Å². The summed E-state index contributed by atoms with van der Waals surface area (Å²) in [4.78, 5) is 8.45. The molecule has 0 atom stereocenters. The summed E-state index contributed by atoms with van der Waals surface area (Å²) in [5, 5.41) is 6.29. The van der Waals surface area contributed by atoms with Crippen molar-refractivity contribution in [2.75, 3.05) is 17.2 Å². The fourth-order valence-electron chi connectivity index (χ4n) is 1.35. The second-order valence-corrected chi connectivity index (χ2v) is 4.34. The maximum Gasteiger partial charge on any atom is 0.224 e. The Kier molecular flexibility index (Phi) is 3.93. The van der Waals surface area contributed by atoms with Gasteiger partial charge in [0, 0.05) is 22.9 Å². The van der Waals surface area contributed by atoms with E-state index in [0.717, 1.165) is 22.5 Å². The molecular formula is C12H13BrN4. The first-order valence-corrected chi connectivity index (χ1v) is 6.17. The predicted octanol–water partition coefficient (Wildman–Crippen LogP) is 3.41. The zero-order valence-electron chi connectivity index (χ0n) is 9.44. The van der Waals surface area contributed by atoms with Gasteiger partial charge in [-0.2, -0.15) is 4.98 Å². The topological polar surface area (TPSA) is 49.8 Å². The molecule has 2 N–H and O–H groups in total. The second kappa shape index (κ2) is 5.63. The average molecular weight is 293 g/mol. The van der Waals surface area contributed by atoms with Crippen LogP contribution in [0.1, 0.15) is 6.92 Å². The third-order valence-electron chi connectivity index (χ3n) is 2.11. The van der Waals surface area contributed by atoms with Gasteiger partial charge < -0.3 is 10.6 Å². The van der Waals surface area contributed by atoms with E-state index in [1.165, 1.54) is 0 Å². The van der Waals surface area contributed by atoms with Crippen molar-refractivity contribution in [1.29, 1.82) is 0 Å². The van der Waals surface area contributed by atoms with Gasteiger partial charge in [0.25, 0.3) is 0 Å². The van der Waals surface area contributed by atoms with Crippen LogP contribution in [0.4, 0.5) is 17.5 Å². The lowest BCUT2D eigenvalue weighted by molar-refractivity contribution is 1.09. The van der Waals surface area contributed by atoms with Crippen molar-refractivity contribution in [3.63, 3.8) is 0 Å². The van der Waals surface area contributed by atoms with Crippen LogP contribution in [-0.4, -0.2) is 16.5 Å². The minimum absolute atomic E-state index is 0.634. The Morgan fingerprint density at radius 1 is 1.18 bits per heavy atom. The quantitative estimate of drug-likeness (QED) is 0.907. The lowest BCUT2D eigenvalue weighted by Gasteiger charge is -2.07. The van der Waals surface area contributed by atoms with Crippen molar-refractivity contribution in [1.82, 2.24) is 9.97 Å². The first-order valence-electron chi connectivity index (χ1n) is 5.37. The highest BCUT2D eigenvalue weighted by atomic mass is 79.9. The molecule has 0 radical (unpaired) electrons. The van der Waals surface area contributed by atoms with Crippen LogP contribution in [0.25, 0.3) is 0 Å². The number of aromatic nitrogens is 2. The van der Waals surface area contributed by atoms with E-state index in [2.05, 4.69) is 36.5 Å². The SMILES string of the molecule is CCNc1nccc(Nc2ccc(Br)cc2)n1. The summed E-state index contributed by atoms with van der Waals surface area (Å²) in [5.41, 5.74) is 0.995. The van der Waals surface area contributed by atoms with Crippen molar-refractivity contribution in [3.05, 3.63) is 41.0 Å². The van der Waals surface area contributed by atoms with E-state index in [-0.39, 0.29) is 0 Å². The van der Waals surface area contributed by atoms with Gasteiger partial charge in [0.05, 0.1) is 0 Å². The lowest BCUT2D eigenvalue weighted by atomic mass is 10.3. The molecule has 0 unspecified atom stereocenters. The van der Waals surface area contributed by atoms with Crippen LogP contribution < -0.4 is 10.6 Å². The smallest absolute Gasteiger partial charge is 0.224 e. The van der Waals surface area contributed by atoms with Crippen molar-refractivity contribution in [3.8, 4) is 0 Å². The van der Waals surface area contributed by atoms with E-state index in [4.69, 9.17) is 0 Å². The molecule has 0 aliphatic rings. The van der Waals surface area contributed by atoms with E-state index in [9.17, 15) is 0 Å². The number of anilines is 3. The summed E-state index contributed by atoms with van der Waals surface area (Å²) in [7, 11) is 0. The first-order chi connectivity index (χ1) is 8.28. The molecule has 0 fully saturated rings. The van der Waals surface area contributed by atoms with Gasteiger partial charge in [0.2, 0.25) is 5.95 Å². The lowest BCUT2D eigenvalue weighted by Crippen LogP contribution is -2.03. The number of benzene rings is 1. The fourth-order valence-corrected chi connectivity index (χ4v) is 1.62. The summed E-state index contributed by atoms with van der Waals surface area (Å²) in [5.74, 6) is 1.41. The molecule has 1 heterocycles. The molecule has 0 saturated carbocycles. The van der Waals surface area contributed by atoms with Crippen LogP contribution in [0, 0.1) is 0 Å². The van der Waals surface area contributed by atoms with Crippen LogP contribution in [0.5, 0.6) is 0 Å². The second-order valence-electron chi connectivity index (χ2n) is 3.43. The molecule has 0 amide bonds. The van der Waals surface area contributed by atoms with Gasteiger partial charge >= 0.3 is 0 Å². The monoisotopic (exact) mass is 292 g/mol. The maximum atomic E-state index is 4.34. The molecule has 0 saturated heterocycles. The van der Waals surface area contributed by atoms with Crippen molar-refractivity contribution >= 4 is 33.4 Å². The van der Waals surface area contributed by atoms with E-state index in [1.54, 1.807) is 6.20 Å². The van der Waals surface area contributed by atoms with E-state index >= 15 is 0 Å². The molecule has 1 aromatic heterocycles. The molecule has 2 rings (SSSR count). The highest BCUT2D eigenvalue weighted by Gasteiger charge is 1.98. The minimum atomic E-state index is 0.634. The Bertz CT molecular complexity index is 484. The first kappa shape index (κ1) is 11.9. The summed E-state index contributed by atoms with van der Waals surface area (Å²) in [6.07, 6.45) is 1.73. The van der Waals surface area contributed by atoms with Crippen LogP contribution in [0.15, 0.2) is 41.0 Å². The number of hydrogen-bond donors (Lipinski definition) is 2.